The fourth-order valence-corrected chi connectivity index (χ4v) is 2.71. The van der Waals surface area contributed by atoms with Crippen molar-refractivity contribution in [3.63, 3.8) is 0 Å². The normalized spacial score (nSPS) is 9.60. The minimum absolute atomic E-state index is 0.0448. The van der Waals surface area contributed by atoms with Crippen molar-refractivity contribution in [2.45, 2.75) is 9.79 Å². The summed E-state index contributed by atoms with van der Waals surface area (Å²) in [6, 6.07) is 13.6. The van der Waals surface area contributed by atoms with Crippen LogP contribution in [0.5, 0.6) is 5.75 Å². The number of benzene rings is 2. The van der Waals surface area contributed by atoms with Gasteiger partial charge in [0.1, 0.15) is 29.3 Å². The molecule has 0 N–H and O–H groups in total. The van der Waals surface area contributed by atoms with Crippen LogP contribution < -0.4 is 4.74 Å². The smallest absolute Gasteiger partial charge is 0.142 e. The second-order valence-electron chi connectivity index (χ2n) is 3.77. The average molecular weight is 284 g/mol. The Morgan fingerprint density at radius 2 is 1.70 bits per heavy atom. The topological polar surface area (TPSA) is 56.8 Å². The van der Waals surface area contributed by atoms with Crippen LogP contribution in [0.25, 0.3) is 0 Å². The standard InChI is InChI=1S/C15H9FN2OS/c1-19-13-4-2-3-5-15(13)20-14-7-6-12(16)10(8-17)11(14)9-18/h2-7H,1H3. The van der Waals surface area contributed by atoms with Gasteiger partial charge in [0.25, 0.3) is 0 Å². The summed E-state index contributed by atoms with van der Waals surface area (Å²) in [4.78, 5) is 1.32. The molecule has 0 spiro atoms. The van der Waals surface area contributed by atoms with Gasteiger partial charge in [-0.3, -0.25) is 0 Å². The third kappa shape index (κ3) is 2.59. The molecule has 2 rings (SSSR count). The highest BCUT2D eigenvalue weighted by molar-refractivity contribution is 7.99. The Labute approximate surface area is 120 Å². The SMILES string of the molecule is COc1ccccc1Sc1ccc(F)c(C#N)c1C#N. The van der Waals surface area contributed by atoms with Crippen molar-refractivity contribution in [3.05, 3.63) is 53.3 Å². The molecule has 0 saturated heterocycles. The molecule has 0 aromatic heterocycles. The first-order chi connectivity index (χ1) is 9.71. The van der Waals surface area contributed by atoms with E-state index >= 15 is 0 Å². The van der Waals surface area contributed by atoms with Gasteiger partial charge >= 0.3 is 0 Å². The van der Waals surface area contributed by atoms with Crippen LogP contribution in [0.2, 0.25) is 0 Å². The largest absolute Gasteiger partial charge is 0.496 e. The van der Waals surface area contributed by atoms with Crippen LogP contribution in [-0.2, 0) is 0 Å². The van der Waals surface area contributed by atoms with E-state index in [-0.39, 0.29) is 11.1 Å². The summed E-state index contributed by atoms with van der Waals surface area (Å²) in [5.74, 6) is -0.0300. The first-order valence-electron chi connectivity index (χ1n) is 5.64. The van der Waals surface area contributed by atoms with Gasteiger partial charge in [0, 0.05) is 4.90 Å². The molecule has 0 heterocycles. The predicted molar refractivity (Wildman–Crippen MR) is 72.9 cm³/mol. The number of halogens is 1. The van der Waals surface area contributed by atoms with Crippen LogP contribution in [0, 0.1) is 28.5 Å². The van der Waals surface area contributed by atoms with Crippen LogP contribution in [0.3, 0.4) is 0 Å². The van der Waals surface area contributed by atoms with E-state index in [0.717, 1.165) is 4.90 Å². The Kier molecular flexibility index (Phi) is 4.24. The first kappa shape index (κ1) is 13.9. The van der Waals surface area contributed by atoms with E-state index in [1.807, 2.05) is 24.3 Å². The molecule has 20 heavy (non-hydrogen) atoms. The molecule has 0 atom stereocenters. The number of hydrogen-bond donors (Lipinski definition) is 0. The van der Waals surface area contributed by atoms with Crippen LogP contribution in [0.4, 0.5) is 4.39 Å². The molecule has 98 valence electrons. The van der Waals surface area contributed by atoms with Gasteiger partial charge < -0.3 is 4.74 Å². The van der Waals surface area contributed by atoms with Gasteiger partial charge in [-0.25, -0.2) is 4.39 Å². The van der Waals surface area contributed by atoms with Crippen molar-refractivity contribution < 1.29 is 9.13 Å². The van der Waals surface area contributed by atoms with Gasteiger partial charge in [0.2, 0.25) is 0 Å². The van der Waals surface area contributed by atoms with E-state index < -0.39 is 5.82 Å². The van der Waals surface area contributed by atoms with Gasteiger partial charge in [-0.05, 0) is 24.3 Å². The van der Waals surface area contributed by atoms with E-state index in [1.54, 1.807) is 19.2 Å². The molecule has 0 bridgehead atoms. The van der Waals surface area contributed by atoms with Gasteiger partial charge in [-0.1, -0.05) is 23.9 Å². The highest BCUT2D eigenvalue weighted by Crippen LogP contribution is 2.37. The van der Waals surface area contributed by atoms with Gasteiger partial charge in [-0.15, -0.1) is 0 Å². The molecule has 0 aliphatic rings. The van der Waals surface area contributed by atoms with Crippen LogP contribution >= 0.6 is 11.8 Å². The van der Waals surface area contributed by atoms with Crippen molar-refractivity contribution in [1.82, 2.24) is 0 Å². The maximum atomic E-state index is 13.5. The minimum Gasteiger partial charge on any atom is -0.496 e. The number of nitriles is 2. The number of ether oxygens (including phenoxy) is 1. The lowest BCUT2D eigenvalue weighted by Crippen LogP contribution is -1.93. The summed E-state index contributed by atoms with van der Waals surface area (Å²) in [5.41, 5.74) is -0.184. The Bertz CT molecular complexity index is 732. The zero-order valence-electron chi connectivity index (χ0n) is 10.6. The van der Waals surface area contributed by atoms with Crippen LogP contribution in [0.1, 0.15) is 11.1 Å². The molecule has 2 aromatic carbocycles. The van der Waals surface area contributed by atoms with Gasteiger partial charge in [0.05, 0.1) is 17.6 Å². The van der Waals surface area contributed by atoms with Crippen molar-refractivity contribution in [2.75, 3.05) is 7.11 Å². The zero-order chi connectivity index (χ0) is 14.5. The highest BCUT2D eigenvalue weighted by atomic mass is 32.2. The van der Waals surface area contributed by atoms with Crippen molar-refractivity contribution in [2.24, 2.45) is 0 Å². The van der Waals surface area contributed by atoms with Crippen LogP contribution in [0.15, 0.2) is 46.2 Å². The molecule has 5 heteroatoms. The Balaban J connectivity index is 2.50. The quantitative estimate of drug-likeness (QED) is 0.861. The zero-order valence-corrected chi connectivity index (χ0v) is 11.4. The van der Waals surface area contributed by atoms with E-state index in [1.165, 1.54) is 23.9 Å². The average Bonchev–Trinajstić information content (AvgIpc) is 2.49. The summed E-state index contributed by atoms with van der Waals surface area (Å²) < 4.78 is 18.7. The lowest BCUT2D eigenvalue weighted by atomic mass is 10.1. The van der Waals surface area contributed by atoms with E-state index in [2.05, 4.69) is 0 Å². The summed E-state index contributed by atoms with van der Waals surface area (Å²) in [5, 5.41) is 18.1. The molecule has 3 nitrogen and oxygen atoms in total. The summed E-state index contributed by atoms with van der Waals surface area (Å²) in [6.45, 7) is 0. The van der Waals surface area contributed by atoms with E-state index in [9.17, 15) is 4.39 Å². The summed E-state index contributed by atoms with van der Waals surface area (Å²) in [6.07, 6.45) is 0. The Hall–Kier alpha value is -2.50. The predicted octanol–water partition coefficient (Wildman–Crippen LogP) is 3.73. The van der Waals surface area contributed by atoms with Crippen LogP contribution in [-0.4, -0.2) is 7.11 Å². The molecule has 0 unspecified atom stereocenters. The van der Waals surface area contributed by atoms with Crippen molar-refractivity contribution >= 4 is 11.8 Å². The van der Waals surface area contributed by atoms with E-state index in [4.69, 9.17) is 15.3 Å². The fraction of sp³-hybridized carbons (Fsp3) is 0.0667. The maximum Gasteiger partial charge on any atom is 0.142 e. The number of nitrogens with zero attached hydrogens (tertiary/aromatic N) is 2. The monoisotopic (exact) mass is 284 g/mol. The van der Waals surface area contributed by atoms with Crippen molar-refractivity contribution in [3.8, 4) is 17.9 Å². The Morgan fingerprint density at radius 1 is 1.00 bits per heavy atom. The Morgan fingerprint density at radius 3 is 2.35 bits per heavy atom. The van der Waals surface area contributed by atoms with Gasteiger partial charge in [0.15, 0.2) is 0 Å². The summed E-state index contributed by atoms with van der Waals surface area (Å²) >= 11 is 1.26. The van der Waals surface area contributed by atoms with Crippen molar-refractivity contribution in [1.29, 1.82) is 10.5 Å². The molecule has 0 aliphatic carbocycles. The highest BCUT2D eigenvalue weighted by Gasteiger charge is 2.15. The number of hydrogen-bond acceptors (Lipinski definition) is 4. The minimum atomic E-state index is -0.687. The molecular formula is C15H9FN2OS. The molecule has 0 fully saturated rings. The second kappa shape index (κ2) is 6.10. The molecule has 0 aliphatic heterocycles. The number of methoxy groups -OCH3 is 1. The fourth-order valence-electron chi connectivity index (χ4n) is 1.69. The maximum absolute atomic E-state index is 13.5. The second-order valence-corrected chi connectivity index (χ2v) is 4.86. The molecule has 2 aromatic rings. The number of rotatable bonds is 3. The first-order valence-corrected chi connectivity index (χ1v) is 6.46. The molecular weight excluding hydrogens is 275 g/mol. The molecule has 0 amide bonds. The third-order valence-electron chi connectivity index (χ3n) is 2.63. The molecule has 0 radical (unpaired) electrons. The molecule has 0 saturated carbocycles. The number of para-hydroxylation sites is 1. The lowest BCUT2D eigenvalue weighted by molar-refractivity contribution is 0.405. The van der Waals surface area contributed by atoms with Gasteiger partial charge in [-0.2, -0.15) is 10.5 Å². The van der Waals surface area contributed by atoms with E-state index in [0.29, 0.717) is 10.6 Å². The third-order valence-corrected chi connectivity index (χ3v) is 3.75. The lowest BCUT2D eigenvalue weighted by Gasteiger charge is -2.09. The summed E-state index contributed by atoms with van der Waals surface area (Å²) in [7, 11) is 1.55.